The number of hydrogen-bond donors (Lipinski definition) is 1. The van der Waals surface area contributed by atoms with Crippen molar-refractivity contribution in [3.05, 3.63) is 52.7 Å². The van der Waals surface area contributed by atoms with Gasteiger partial charge in [0.05, 0.1) is 16.6 Å². The van der Waals surface area contributed by atoms with Gasteiger partial charge in [-0.2, -0.15) is 5.10 Å². The first kappa shape index (κ1) is 11.9. The number of nitrogens with one attached hydrogen (secondary N) is 1. The third-order valence-corrected chi connectivity index (χ3v) is 3.76. The van der Waals surface area contributed by atoms with Crippen molar-refractivity contribution in [2.24, 2.45) is 7.05 Å². The second kappa shape index (κ2) is 4.05. The van der Waals surface area contributed by atoms with Crippen molar-refractivity contribution in [3.8, 4) is 11.4 Å². The van der Waals surface area contributed by atoms with E-state index in [2.05, 4.69) is 15.2 Å². The van der Waals surface area contributed by atoms with E-state index in [1.54, 1.807) is 24.1 Å². The van der Waals surface area contributed by atoms with Crippen LogP contribution in [0, 0.1) is 6.92 Å². The predicted octanol–water partition coefficient (Wildman–Crippen LogP) is 1.88. The highest BCUT2D eigenvalue weighted by atomic mass is 16.1. The van der Waals surface area contributed by atoms with Gasteiger partial charge < -0.3 is 0 Å². The molecule has 21 heavy (non-hydrogen) atoms. The fraction of sp³-hybridized carbons (Fsp3) is 0.133. The molecule has 4 aromatic rings. The Bertz CT molecular complexity index is 1020. The molecule has 3 aromatic heterocycles. The summed E-state index contributed by atoms with van der Waals surface area (Å²) >= 11 is 0. The Morgan fingerprint density at radius 2 is 2.10 bits per heavy atom. The molecular weight excluding hydrogens is 266 g/mol. The molecule has 0 atom stereocenters. The Morgan fingerprint density at radius 1 is 1.24 bits per heavy atom. The summed E-state index contributed by atoms with van der Waals surface area (Å²) in [4.78, 5) is 17.1. The van der Waals surface area contributed by atoms with Crippen LogP contribution in [0.5, 0.6) is 0 Å². The first-order valence-electron chi connectivity index (χ1n) is 6.63. The van der Waals surface area contributed by atoms with E-state index in [0.717, 1.165) is 28.1 Å². The highest BCUT2D eigenvalue weighted by molar-refractivity contribution is 5.85. The summed E-state index contributed by atoms with van der Waals surface area (Å²) in [5.74, 6) is 0. The number of aromatic amines is 1. The fourth-order valence-electron chi connectivity index (χ4n) is 2.72. The molecule has 6 heteroatoms. The van der Waals surface area contributed by atoms with Gasteiger partial charge in [0.25, 0.3) is 5.56 Å². The normalized spacial score (nSPS) is 11.5. The minimum Gasteiger partial charge on any atom is -0.295 e. The standard InChI is InChI=1S/C15H13N5O/c1-9-3-4-12-10(7-9)15(21)19(2)14-13(16-8-20(12)14)11-5-6-17-18-11/h3-8H,1-2H3,(H,17,18). The van der Waals surface area contributed by atoms with Crippen LogP contribution in [0.3, 0.4) is 0 Å². The maximum Gasteiger partial charge on any atom is 0.261 e. The monoisotopic (exact) mass is 279 g/mol. The van der Waals surface area contributed by atoms with E-state index in [0.29, 0.717) is 5.39 Å². The van der Waals surface area contributed by atoms with E-state index in [4.69, 9.17) is 0 Å². The molecule has 3 heterocycles. The van der Waals surface area contributed by atoms with Gasteiger partial charge in [0.2, 0.25) is 0 Å². The third kappa shape index (κ3) is 1.56. The topological polar surface area (TPSA) is 68.0 Å². The summed E-state index contributed by atoms with van der Waals surface area (Å²) in [6.07, 6.45) is 3.41. The van der Waals surface area contributed by atoms with Crippen molar-refractivity contribution in [1.29, 1.82) is 0 Å². The van der Waals surface area contributed by atoms with Gasteiger partial charge in [0.15, 0.2) is 0 Å². The Balaban J connectivity index is 2.23. The van der Waals surface area contributed by atoms with Crippen LogP contribution in [0.4, 0.5) is 0 Å². The smallest absolute Gasteiger partial charge is 0.261 e. The van der Waals surface area contributed by atoms with Crippen LogP contribution in [0.15, 0.2) is 41.6 Å². The molecule has 0 radical (unpaired) electrons. The zero-order chi connectivity index (χ0) is 14.6. The van der Waals surface area contributed by atoms with Crippen molar-refractivity contribution in [2.45, 2.75) is 6.92 Å². The number of aryl methyl sites for hydroxylation is 2. The maximum absolute atomic E-state index is 12.6. The Hall–Kier alpha value is -2.89. The molecule has 0 saturated carbocycles. The number of imidazole rings is 1. The average molecular weight is 279 g/mol. The number of benzene rings is 1. The number of fused-ring (bicyclic) bond motifs is 3. The molecule has 0 bridgehead atoms. The van der Waals surface area contributed by atoms with Crippen LogP contribution in [0.25, 0.3) is 27.9 Å². The Labute approximate surface area is 119 Å². The van der Waals surface area contributed by atoms with E-state index in [9.17, 15) is 4.79 Å². The van der Waals surface area contributed by atoms with E-state index < -0.39 is 0 Å². The lowest BCUT2D eigenvalue weighted by Crippen LogP contribution is -2.19. The lowest BCUT2D eigenvalue weighted by atomic mass is 10.1. The molecule has 0 aliphatic carbocycles. The zero-order valence-corrected chi connectivity index (χ0v) is 11.7. The summed E-state index contributed by atoms with van der Waals surface area (Å²) in [5, 5.41) is 7.54. The molecule has 1 N–H and O–H groups in total. The SMILES string of the molecule is Cc1ccc2c(c1)c(=O)n(C)c1c(-c3ccn[nH]3)ncn21. The largest absolute Gasteiger partial charge is 0.295 e. The van der Waals surface area contributed by atoms with Gasteiger partial charge in [0.1, 0.15) is 17.7 Å². The molecule has 1 aromatic carbocycles. The molecule has 4 rings (SSSR count). The summed E-state index contributed by atoms with van der Waals surface area (Å²) in [5.41, 5.74) is 4.15. The van der Waals surface area contributed by atoms with Crippen molar-refractivity contribution in [2.75, 3.05) is 0 Å². The molecule has 0 aliphatic rings. The zero-order valence-electron chi connectivity index (χ0n) is 11.7. The summed E-state index contributed by atoms with van der Waals surface area (Å²) in [6, 6.07) is 7.70. The van der Waals surface area contributed by atoms with E-state index in [1.165, 1.54) is 0 Å². The minimum atomic E-state index is -0.0255. The summed E-state index contributed by atoms with van der Waals surface area (Å²) in [6.45, 7) is 1.98. The lowest BCUT2D eigenvalue weighted by molar-refractivity contribution is 0.881. The predicted molar refractivity (Wildman–Crippen MR) is 80.3 cm³/mol. The van der Waals surface area contributed by atoms with Gasteiger partial charge in [-0.25, -0.2) is 4.98 Å². The maximum atomic E-state index is 12.6. The number of H-pyrrole nitrogens is 1. The highest BCUT2D eigenvalue weighted by Crippen LogP contribution is 2.23. The molecule has 0 saturated heterocycles. The first-order valence-corrected chi connectivity index (χ1v) is 6.63. The van der Waals surface area contributed by atoms with E-state index in [1.807, 2.05) is 35.6 Å². The van der Waals surface area contributed by atoms with E-state index in [-0.39, 0.29) is 5.56 Å². The van der Waals surface area contributed by atoms with Crippen molar-refractivity contribution in [1.82, 2.24) is 24.1 Å². The second-order valence-corrected chi connectivity index (χ2v) is 5.14. The van der Waals surface area contributed by atoms with Crippen LogP contribution in [-0.2, 0) is 7.05 Å². The number of nitrogens with zero attached hydrogens (tertiary/aromatic N) is 4. The van der Waals surface area contributed by atoms with Crippen LogP contribution >= 0.6 is 0 Å². The molecule has 0 spiro atoms. The van der Waals surface area contributed by atoms with Gasteiger partial charge in [-0.3, -0.25) is 18.9 Å². The van der Waals surface area contributed by atoms with Crippen LogP contribution in [0.2, 0.25) is 0 Å². The van der Waals surface area contributed by atoms with Crippen LogP contribution in [-0.4, -0.2) is 24.1 Å². The number of rotatable bonds is 1. The molecule has 0 amide bonds. The van der Waals surface area contributed by atoms with Crippen molar-refractivity contribution in [3.63, 3.8) is 0 Å². The quantitative estimate of drug-likeness (QED) is 0.578. The molecular formula is C15H13N5O. The third-order valence-electron chi connectivity index (χ3n) is 3.76. The molecule has 104 valence electrons. The highest BCUT2D eigenvalue weighted by Gasteiger charge is 2.15. The Kier molecular flexibility index (Phi) is 2.29. The van der Waals surface area contributed by atoms with E-state index >= 15 is 0 Å². The summed E-state index contributed by atoms with van der Waals surface area (Å²) < 4.78 is 3.57. The average Bonchev–Trinajstić information content (AvgIpc) is 3.13. The van der Waals surface area contributed by atoms with Gasteiger partial charge in [-0.1, -0.05) is 11.6 Å². The minimum absolute atomic E-state index is 0.0255. The molecule has 0 aliphatic heterocycles. The second-order valence-electron chi connectivity index (χ2n) is 5.14. The van der Waals surface area contributed by atoms with Crippen LogP contribution < -0.4 is 5.56 Å². The van der Waals surface area contributed by atoms with Crippen molar-refractivity contribution < 1.29 is 0 Å². The number of aromatic nitrogens is 5. The summed E-state index contributed by atoms with van der Waals surface area (Å²) in [7, 11) is 1.76. The Morgan fingerprint density at radius 3 is 2.86 bits per heavy atom. The lowest BCUT2D eigenvalue weighted by Gasteiger charge is -2.08. The fourth-order valence-corrected chi connectivity index (χ4v) is 2.72. The molecule has 6 nitrogen and oxygen atoms in total. The van der Waals surface area contributed by atoms with Gasteiger partial charge in [-0.15, -0.1) is 0 Å². The van der Waals surface area contributed by atoms with Gasteiger partial charge in [0, 0.05) is 13.2 Å². The van der Waals surface area contributed by atoms with Crippen LogP contribution in [0.1, 0.15) is 5.56 Å². The van der Waals surface area contributed by atoms with Gasteiger partial charge >= 0.3 is 0 Å². The van der Waals surface area contributed by atoms with Crippen molar-refractivity contribution >= 4 is 16.6 Å². The first-order chi connectivity index (χ1) is 10.2. The van der Waals surface area contributed by atoms with Gasteiger partial charge in [-0.05, 0) is 25.1 Å². The molecule has 0 fully saturated rings. The molecule has 0 unspecified atom stereocenters. The number of hydrogen-bond acceptors (Lipinski definition) is 3.